The van der Waals surface area contributed by atoms with Crippen molar-refractivity contribution in [3.63, 3.8) is 0 Å². The molecule has 0 aliphatic rings. The van der Waals surface area contributed by atoms with E-state index in [0.717, 1.165) is 5.56 Å². The summed E-state index contributed by atoms with van der Waals surface area (Å²) in [7, 11) is 0. The fourth-order valence-electron chi connectivity index (χ4n) is 2.88. The zero-order valence-electron chi connectivity index (χ0n) is 16.6. The molecule has 0 fully saturated rings. The number of amides is 1. The number of hydrogen-bond acceptors (Lipinski definition) is 5. The third kappa shape index (κ3) is 5.22. The van der Waals surface area contributed by atoms with Crippen molar-refractivity contribution in [3.05, 3.63) is 63.7 Å². The predicted molar refractivity (Wildman–Crippen MR) is 107 cm³/mol. The Kier molecular flexibility index (Phi) is 7.37. The molecule has 0 heterocycles. The van der Waals surface area contributed by atoms with E-state index in [9.17, 15) is 14.9 Å². The second kappa shape index (κ2) is 9.73. The summed E-state index contributed by atoms with van der Waals surface area (Å²) in [5.74, 6) is 1.00. The molecule has 1 atom stereocenters. The van der Waals surface area contributed by atoms with Gasteiger partial charge in [0.05, 0.1) is 24.2 Å². The SMILES string of the molecule is CCOc1ccc(C(NC(=O)c2cccc([N+](=O)[O-])c2)C(C)C)cc1OCC. The lowest BCUT2D eigenvalue weighted by atomic mass is 9.95. The van der Waals surface area contributed by atoms with Crippen LogP contribution in [0.5, 0.6) is 11.5 Å². The lowest BCUT2D eigenvalue weighted by Crippen LogP contribution is -2.31. The summed E-state index contributed by atoms with van der Waals surface area (Å²) in [6, 6.07) is 11.0. The highest BCUT2D eigenvalue weighted by atomic mass is 16.6. The number of nitrogens with one attached hydrogen (secondary N) is 1. The fraction of sp³-hybridized carbons (Fsp3) is 0.381. The Hall–Kier alpha value is -3.09. The number of nitrogens with zero attached hydrogens (tertiary/aromatic N) is 1. The molecule has 1 unspecified atom stereocenters. The van der Waals surface area contributed by atoms with E-state index in [2.05, 4.69) is 5.32 Å². The molecule has 2 rings (SSSR count). The average molecular weight is 386 g/mol. The summed E-state index contributed by atoms with van der Waals surface area (Å²) in [4.78, 5) is 23.1. The number of carbonyl (C=O) groups is 1. The summed E-state index contributed by atoms with van der Waals surface area (Å²) >= 11 is 0. The van der Waals surface area contributed by atoms with Crippen molar-refractivity contribution in [2.75, 3.05) is 13.2 Å². The summed E-state index contributed by atoms with van der Waals surface area (Å²) < 4.78 is 11.3. The number of ether oxygens (including phenoxy) is 2. The van der Waals surface area contributed by atoms with E-state index in [4.69, 9.17) is 9.47 Å². The van der Waals surface area contributed by atoms with Crippen molar-refractivity contribution in [3.8, 4) is 11.5 Å². The van der Waals surface area contributed by atoms with Crippen LogP contribution in [-0.4, -0.2) is 24.0 Å². The third-order valence-electron chi connectivity index (χ3n) is 4.20. The molecule has 2 aromatic rings. The first-order valence-electron chi connectivity index (χ1n) is 9.32. The monoisotopic (exact) mass is 386 g/mol. The maximum atomic E-state index is 12.7. The van der Waals surface area contributed by atoms with Gasteiger partial charge in [0.25, 0.3) is 11.6 Å². The molecule has 28 heavy (non-hydrogen) atoms. The predicted octanol–water partition coefficient (Wildman–Crippen LogP) is 4.52. The molecule has 150 valence electrons. The van der Waals surface area contributed by atoms with Gasteiger partial charge in [0.1, 0.15) is 0 Å². The third-order valence-corrected chi connectivity index (χ3v) is 4.20. The largest absolute Gasteiger partial charge is 0.490 e. The van der Waals surface area contributed by atoms with E-state index in [1.807, 2.05) is 45.9 Å². The molecule has 0 aromatic heterocycles. The van der Waals surface area contributed by atoms with Gasteiger partial charge in [0.15, 0.2) is 11.5 Å². The van der Waals surface area contributed by atoms with E-state index >= 15 is 0 Å². The molecule has 2 aromatic carbocycles. The number of nitro groups is 1. The molecule has 0 saturated heterocycles. The smallest absolute Gasteiger partial charge is 0.270 e. The van der Waals surface area contributed by atoms with Crippen LogP contribution >= 0.6 is 0 Å². The number of benzene rings is 2. The van der Waals surface area contributed by atoms with Crippen LogP contribution in [-0.2, 0) is 0 Å². The highest BCUT2D eigenvalue weighted by Crippen LogP contribution is 2.33. The first kappa shape index (κ1) is 21.2. The van der Waals surface area contributed by atoms with Gasteiger partial charge in [-0.25, -0.2) is 0 Å². The molecule has 0 bridgehead atoms. The molecule has 0 aliphatic carbocycles. The zero-order chi connectivity index (χ0) is 20.7. The Morgan fingerprint density at radius 1 is 1.07 bits per heavy atom. The van der Waals surface area contributed by atoms with Gasteiger partial charge in [-0.1, -0.05) is 26.0 Å². The molecule has 0 aliphatic heterocycles. The van der Waals surface area contributed by atoms with Crippen LogP contribution < -0.4 is 14.8 Å². The van der Waals surface area contributed by atoms with Crippen LogP contribution in [0.3, 0.4) is 0 Å². The standard InChI is InChI=1S/C21H26N2O5/c1-5-27-18-11-10-15(13-19(18)28-6-2)20(14(3)4)22-21(24)16-8-7-9-17(12-16)23(25)26/h7-14,20H,5-6H2,1-4H3,(H,22,24). The van der Waals surface area contributed by atoms with Crippen molar-refractivity contribution in [1.29, 1.82) is 0 Å². The zero-order valence-corrected chi connectivity index (χ0v) is 16.6. The minimum absolute atomic E-state index is 0.0927. The first-order valence-corrected chi connectivity index (χ1v) is 9.32. The van der Waals surface area contributed by atoms with Crippen LogP contribution in [0, 0.1) is 16.0 Å². The number of carbonyl (C=O) groups excluding carboxylic acids is 1. The van der Waals surface area contributed by atoms with Crippen molar-refractivity contribution in [2.45, 2.75) is 33.7 Å². The second-order valence-electron chi connectivity index (χ2n) is 6.57. The van der Waals surface area contributed by atoms with Crippen LogP contribution in [0.4, 0.5) is 5.69 Å². The van der Waals surface area contributed by atoms with Crippen LogP contribution in [0.2, 0.25) is 0 Å². The number of nitro benzene ring substituents is 1. The van der Waals surface area contributed by atoms with Crippen molar-refractivity contribution in [2.24, 2.45) is 5.92 Å². The Morgan fingerprint density at radius 3 is 2.36 bits per heavy atom. The van der Waals surface area contributed by atoms with Crippen molar-refractivity contribution in [1.82, 2.24) is 5.32 Å². The topological polar surface area (TPSA) is 90.7 Å². The van der Waals surface area contributed by atoms with Gasteiger partial charge >= 0.3 is 0 Å². The summed E-state index contributed by atoms with van der Waals surface area (Å²) in [5, 5.41) is 13.9. The molecule has 7 nitrogen and oxygen atoms in total. The van der Waals surface area contributed by atoms with E-state index in [-0.39, 0.29) is 29.1 Å². The molecule has 0 spiro atoms. The Morgan fingerprint density at radius 2 is 1.75 bits per heavy atom. The lowest BCUT2D eigenvalue weighted by molar-refractivity contribution is -0.384. The van der Waals surface area contributed by atoms with Gasteiger partial charge < -0.3 is 14.8 Å². The summed E-state index contributed by atoms with van der Waals surface area (Å²) in [6.07, 6.45) is 0. The number of hydrogen-bond donors (Lipinski definition) is 1. The minimum Gasteiger partial charge on any atom is -0.490 e. The first-order chi connectivity index (χ1) is 13.4. The van der Waals surface area contributed by atoms with E-state index in [1.54, 1.807) is 6.07 Å². The van der Waals surface area contributed by atoms with Crippen molar-refractivity contribution >= 4 is 11.6 Å². The summed E-state index contributed by atoms with van der Waals surface area (Å²) in [6.45, 7) is 8.81. The number of non-ortho nitro benzene ring substituents is 1. The Balaban J connectivity index is 2.30. The molecule has 1 amide bonds. The van der Waals surface area contributed by atoms with Crippen LogP contribution in [0.25, 0.3) is 0 Å². The molecule has 7 heteroatoms. The average Bonchev–Trinajstić information content (AvgIpc) is 2.67. The van der Waals surface area contributed by atoms with Crippen LogP contribution in [0.15, 0.2) is 42.5 Å². The van der Waals surface area contributed by atoms with Gasteiger partial charge in [0, 0.05) is 17.7 Å². The van der Waals surface area contributed by atoms with E-state index < -0.39 is 4.92 Å². The maximum Gasteiger partial charge on any atom is 0.270 e. The molecule has 0 radical (unpaired) electrons. The molecule has 0 saturated carbocycles. The quantitative estimate of drug-likeness (QED) is 0.505. The second-order valence-corrected chi connectivity index (χ2v) is 6.57. The van der Waals surface area contributed by atoms with Gasteiger partial charge in [-0.15, -0.1) is 0 Å². The Labute approximate surface area is 164 Å². The fourth-order valence-corrected chi connectivity index (χ4v) is 2.88. The van der Waals surface area contributed by atoms with Gasteiger partial charge in [-0.05, 0) is 43.5 Å². The minimum atomic E-state index is -0.516. The van der Waals surface area contributed by atoms with E-state index in [0.29, 0.717) is 24.7 Å². The van der Waals surface area contributed by atoms with Crippen molar-refractivity contribution < 1.29 is 19.2 Å². The lowest BCUT2D eigenvalue weighted by Gasteiger charge is -2.24. The van der Waals surface area contributed by atoms with Gasteiger partial charge in [-0.2, -0.15) is 0 Å². The van der Waals surface area contributed by atoms with Gasteiger partial charge in [0.2, 0.25) is 0 Å². The van der Waals surface area contributed by atoms with E-state index in [1.165, 1.54) is 18.2 Å². The Bertz CT molecular complexity index is 835. The molecule has 1 N–H and O–H groups in total. The van der Waals surface area contributed by atoms with Gasteiger partial charge in [-0.3, -0.25) is 14.9 Å². The highest BCUT2D eigenvalue weighted by molar-refractivity contribution is 5.95. The van der Waals surface area contributed by atoms with Crippen LogP contribution in [0.1, 0.15) is 49.7 Å². The maximum absolute atomic E-state index is 12.7. The normalized spacial score (nSPS) is 11.8. The summed E-state index contributed by atoms with van der Waals surface area (Å²) in [5.41, 5.74) is 1.00. The highest BCUT2D eigenvalue weighted by Gasteiger charge is 2.22. The molecular weight excluding hydrogens is 360 g/mol. The number of rotatable bonds is 9. The molecular formula is C21H26N2O5.